The van der Waals surface area contributed by atoms with Gasteiger partial charge in [0.25, 0.3) is 5.91 Å². The van der Waals surface area contributed by atoms with Crippen molar-refractivity contribution in [3.8, 4) is 17.2 Å². The van der Waals surface area contributed by atoms with Crippen LogP contribution in [-0.4, -0.2) is 33.0 Å². The fourth-order valence-corrected chi connectivity index (χ4v) is 3.08. The highest BCUT2D eigenvalue weighted by molar-refractivity contribution is 6.04. The molecule has 130 valence electrons. The van der Waals surface area contributed by atoms with Crippen LogP contribution in [0.2, 0.25) is 0 Å². The number of nitrogens with one attached hydrogen (secondary N) is 1. The highest BCUT2D eigenvalue weighted by Crippen LogP contribution is 2.46. The van der Waals surface area contributed by atoms with Crippen molar-refractivity contribution in [3.63, 3.8) is 0 Å². The molecule has 0 fully saturated rings. The number of benzene rings is 2. The van der Waals surface area contributed by atoms with Crippen LogP contribution in [0.1, 0.15) is 38.7 Å². The van der Waals surface area contributed by atoms with Gasteiger partial charge in [-0.05, 0) is 11.6 Å². The van der Waals surface area contributed by atoms with E-state index in [1.807, 2.05) is 18.2 Å². The predicted octanol–water partition coefficient (Wildman–Crippen LogP) is 2.77. The van der Waals surface area contributed by atoms with Gasteiger partial charge in [-0.25, -0.2) is 0 Å². The first kappa shape index (κ1) is 16.8. The van der Waals surface area contributed by atoms with Gasteiger partial charge in [-0.15, -0.1) is 0 Å². The SMILES string of the molecule is COc1cc2c(c(OC)c1OC)C(=O)N[C@H]2CC(=O)c1ccccc1. The first-order chi connectivity index (χ1) is 12.1. The minimum Gasteiger partial charge on any atom is -0.493 e. The van der Waals surface area contributed by atoms with Gasteiger partial charge in [0.1, 0.15) is 0 Å². The van der Waals surface area contributed by atoms with Crippen LogP contribution in [0.3, 0.4) is 0 Å². The Morgan fingerprint density at radius 2 is 1.72 bits per heavy atom. The smallest absolute Gasteiger partial charge is 0.256 e. The van der Waals surface area contributed by atoms with Gasteiger partial charge in [0.2, 0.25) is 5.75 Å². The second-order valence-corrected chi connectivity index (χ2v) is 5.63. The second kappa shape index (κ2) is 6.84. The van der Waals surface area contributed by atoms with Gasteiger partial charge in [-0.2, -0.15) is 0 Å². The van der Waals surface area contributed by atoms with Crippen LogP contribution >= 0.6 is 0 Å². The van der Waals surface area contributed by atoms with E-state index in [0.717, 1.165) is 0 Å². The fraction of sp³-hybridized carbons (Fsp3) is 0.263. The minimum absolute atomic E-state index is 0.0486. The fourth-order valence-electron chi connectivity index (χ4n) is 3.08. The number of carbonyl (C=O) groups excluding carboxylic acids is 2. The molecule has 0 bridgehead atoms. The van der Waals surface area contributed by atoms with Gasteiger partial charge >= 0.3 is 0 Å². The largest absolute Gasteiger partial charge is 0.493 e. The molecule has 0 aliphatic carbocycles. The summed E-state index contributed by atoms with van der Waals surface area (Å²) in [5.74, 6) is 0.774. The Balaban J connectivity index is 2.00. The maximum atomic E-state index is 12.5. The molecule has 1 amide bonds. The van der Waals surface area contributed by atoms with Crippen molar-refractivity contribution < 1.29 is 23.8 Å². The van der Waals surface area contributed by atoms with Gasteiger partial charge in [0.05, 0.1) is 32.9 Å². The Labute approximate surface area is 145 Å². The molecular weight excluding hydrogens is 322 g/mol. The average molecular weight is 341 g/mol. The Kier molecular flexibility index (Phi) is 4.61. The molecule has 25 heavy (non-hydrogen) atoms. The molecule has 2 aromatic carbocycles. The third kappa shape index (κ3) is 2.91. The molecule has 6 heteroatoms. The molecule has 1 N–H and O–H groups in total. The van der Waals surface area contributed by atoms with E-state index >= 15 is 0 Å². The molecule has 0 unspecified atom stereocenters. The second-order valence-electron chi connectivity index (χ2n) is 5.63. The van der Waals surface area contributed by atoms with Crippen LogP contribution in [0.5, 0.6) is 17.2 Å². The summed E-state index contributed by atoms with van der Waals surface area (Å²) >= 11 is 0. The van der Waals surface area contributed by atoms with Crippen LogP contribution in [0, 0.1) is 0 Å². The molecule has 0 radical (unpaired) electrons. The van der Waals surface area contributed by atoms with Crippen LogP contribution in [0.25, 0.3) is 0 Å². The van der Waals surface area contributed by atoms with E-state index in [4.69, 9.17) is 14.2 Å². The summed E-state index contributed by atoms with van der Waals surface area (Å²) in [4.78, 5) is 25.0. The van der Waals surface area contributed by atoms with E-state index in [0.29, 0.717) is 33.9 Å². The van der Waals surface area contributed by atoms with Gasteiger partial charge < -0.3 is 19.5 Å². The van der Waals surface area contributed by atoms with E-state index < -0.39 is 6.04 Å². The third-order valence-corrected chi connectivity index (χ3v) is 4.25. The van der Waals surface area contributed by atoms with Crippen molar-refractivity contribution in [2.24, 2.45) is 0 Å². The van der Waals surface area contributed by atoms with E-state index in [9.17, 15) is 9.59 Å². The number of ether oxygens (including phenoxy) is 3. The number of methoxy groups -OCH3 is 3. The number of carbonyl (C=O) groups is 2. The zero-order valence-electron chi connectivity index (χ0n) is 14.3. The zero-order chi connectivity index (χ0) is 18.0. The van der Waals surface area contributed by atoms with Crippen molar-refractivity contribution in [2.75, 3.05) is 21.3 Å². The van der Waals surface area contributed by atoms with E-state index in [2.05, 4.69) is 5.32 Å². The number of rotatable bonds is 6. The standard InChI is InChI=1S/C19H19NO5/c1-23-15-9-12-13(10-14(21)11-7-5-4-6-8-11)20-19(22)16(12)18(25-3)17(15)24-2/h4-9,13H,10H2,1-3H3,(H,20,22)/t13-/m0/s1. The molecule has 6 nitrogen and oxygen atoms in total. The van der Waals surface area contributed by atoms with Crippen molar-refractivity contribution in [2.45, 2.75) is 12.5 Å². The zero-order valence-corrected chi connectivity index (χ0v) is 14.3. The Morgan fingerprint density at radius 1 is 1.04 bits per heavy atom. The van der Waals surface area contributed by atoms with E-state index in [1.165, 1.54) is 21.3 Å². The third-order valence-electron chi connectivity index (χ3n) is 4.25. The summed E-state index contributed by atoms with van der Waals surface area (Å²) in [5.41, 5.74) is 1.66. The van der Waals surface area contributed by atoms with Crippen molar-refractivity contribution in [1.82, 2.24) is 5.32 Å². The molecular formula is C19H19NO5. The van der Waals surface area contributed by atoms with Gasteiger partial charge in [0, 0.05) is 12.0 Å². The molecule has 0 saturated heterocycles. The van der Waals surface area contributed by atoms with Crippen molar-refractivity contribution in [1.29, 1.82) is 0 Å². The lowest BCUT2D eigenvalue weighted by molar-refractivity contribution is 0.0932. The molecule has 0 saturated carbocycles. The van der Waals surface area contributed by atoms with Crippen molar-refractivity contribution in [3.05, 3.63) is 53.1 Å². The summed E-state index contributed by atoms with van der Waals surface area (Å²) in [6.45, 7) is 0. The van der Waals surface area contributed by atoms with Gasteiger partial charge in [-0.1, -0.05) is 30.3 Å². The summed E-state index contributed by atoms with van der Waals surface area (Å²) < 4.78 is 16.0. The molecule has 0 aromatic heterocycles. The minimum atomic E-state index is -0.441. The van der Waals surface area contributed by atoms with Crippen LogP contribution in [-0.2, 0) is 0 Å². The summed E-state index contributed by atoms with van der Waals surface area (Å²) in [7, 11) is 4.46. The normalized spacial score (nSPS) is 15.3. The Bertz CT molecular complexity index is 816. The lowest BCUT2D eigenvalue weighted by Gasteiger charge is -2.16. The molecule has 3 rings (SSSR count). The number of Topliss-reactive ketones (excluding diaryl/α,β-unsaturated/α-hetero) is 1. The molecule has 0 spiro atoms. The molecule has 1 atom stereocenters. The molecule has 1 aliphatic rings. The first-order valence-electron chi connectivity index (χ1n) is 7.82. The number of fused-ring (bicyclic) bond motifs is 1. The van der Waals surface area contributed by atoms with Crippen LogP contribution in [0.15, 0.2) is 36.4 Å². The van der Waals surface area contributed by atoms with E-state index in [1.54, 1.807) is 18.2 Å². The lowest BCUT2D eigenvalue weighted by atomic mass is 9.96. The maximum absolute atomic E-state index is 12.5. The molecule has 1 aliphatic heterocycles. The van der Waals surface area contributed by atoms with E-state index in [-0.39, 0.29) is 18.1 Å². The highest BCUT2D eigenvalue weighted by Gasteiger charge is 2.36. The Hall–Kier alpha value is -3.02. The number of hydrogen-bond donors (Lipinski definition) is 1. The Morgan fingerprint density at radius 3 is 2.32 bits per heavy atom. The lowest BCUT2D eigenvalue weighted by Crippen LogP contribution is -2.21. The van der Waals surface area contributed by atoms with Crippen LogP contribution in [0.4, 0.5) is 0 Å². The molecule has 2 aromatic rings. The number of ketones is 1. The number of hydrogen-bond acceptors (Lipinski definition) is 5. The summed E-state index contributed by atoms with van der Waals surface area (Å²) in [5, 5.41) is 2.85. The van der Waals surface area contributed by atoms with Crippen molar-refractivity contribution >= 4 is 11.7 Å². The van der Waals surface area contributed by atoms with Gasteiger partial charge in [-0.3, -0.25) is 9.59 Å². The average Bonchev–Trinajstić information content (AvgIpc) is 2.95. The maximum Gasteiger partial charge on any atom is 0.256 e. The van der Waals surface area contributed by atoms with Crippen LogP contribution < -0.4 is 19.5 Å². The summed E-state index contributed by atoms with van der Waals surface area (Å²) in [6, 6.07) is 10.3. The predicted molar refractivity (Wildman–Crippen MR) is 91.7 cm³/mol. The topological polar surface area (TPSA) is 73.9 Å². The highest BCUT2D eigenvalue weighted by atomic mass is 16.5. The molecule has 1 heterocycles. The quantitative estimate of drug-likeness (QED) is 0.818. The summed E-state index contributed by atoms with van der Waals surface area (Å²) in [6.07, 6.45) is 0.154. The van der Waals surface area contributed by atoms with Gasteiger partial charge in [0.15, 0.2) is 17.3 Å². The number of amides is 1. The monoisotopic (exact) mass is 341 g/mol. The first-order valence-corrected chi connectivity index (χ1v) is 7.82.